The largest absolute Gasteiger partial charge is 0.433 e. The molecule has 0 saturated carbocycles. The van der Waals surface area contributed by atoms with E-state index in [2.05, 4.69) is 5.10 Å². The molecule has 0 aliphatic heterocycles. The number of rotatable bonds is 5. The van der Waals surface area contributed by atoms with Crippen molar-refractivity contribution in [3.63, 3.8) is 0 Å². The van der Waals surface area contributed by atoms with Gasteiger partial charge in [0.05, 0.1) is 31.6 Å². The third kappa shape index (κ3) is 2.77. The zero-order chi connectivity index (χ0) is 13.8. The summed E-state index contributed by atoms with van der Waals surface area (Å²) in [7, 11) is 0. The number of nitro groups is 1. The summed E-state index contributed by atoms with van der Waals surface area (Å²) in [4.78, 5) is 21.4. The van der Waals surface area contributed by atoms with E-state index >= 15 is 0 Å². The van der Waals surface area contributed by atoms with Crippen LogP contribution in [0.5, 0.6) is 0 Å². The normalized spacial score (nSPS) is 11.2. The fraction of sp³-hybridized carbons (Fsp3) is 0.200. The van der Waals surface area contributed by atoms with Crippen molar-refractivity contribution in [2.24, 2.45) is 5.10 Å². The first-order chi connectivity index (χ1) is 9.11. The molecule has 0 aromatic carbocycles. The number of hydrogen-bond acceptors (Lipinski definition) is 6. The fourth-order valence-electron chi connectivity index (χ4n) is 1.40. The summed E-state index contributed by atoms with van der Waals surface area (Å²) in [6, 6.07) is 2.57. The summed E-state index contributed by atoms with van der Waals surface area (Å²) in [5.41, 5.74) is -0.425. The molecule has 100 valence electrons. The van der Waals surface area contributed by atoms with Crippen molar-refractivity contribution in [2.75, 3.05) is 6.61 Å². The van der Waals surface area contributed by atoms with Crippen molar-refractivity contribution in [3.05, 3.63) is 50.9 Å². The second-order valence-corrected chi connectivity index (χ2v) is 3.52. The molecule has 0 amide bonds. The third-order valence-electron chi connectivity index (χ3n) is 2.27. The summed E-state index contributed by atoms with van der Waals surface area (Å²) < 4.78 is 7.16. The van der Waals surface area contributed by atoms with E-state index in [1.54, 1.807) is 0 Å². The van der Waals surface area contributed by atoms with Crippen LogP contribution in [0, 0.1) is 10.1 Å². The molecule has 0 aliphatic rings. The maximum atomic E-state index is 11.7. The second-order valence-electron chi connectivity index (χ2n) is 3.52. The van der Waals surface area contributed by atoms with Crippen LogP contribution in [0.3, 0.4) is 0 Å². The van der Waals surface area contributed by atoms with E-state index in [4.69, 9.17) is 9.52 Å². The minimum Gasteiger partial charge on any atom is -0.400 e. The smallest absolute Gasteiger partial charge is 0.400 e. The minimum atomic E-state index is -0.665. The van der Waals surface area contributed by atoms with Gasteiger partial charge in [-0.3, -0.25) is 14.7 Å². The van der Waals surface area contributed by atoms with Crippen LogP contribution in [-0.4, -0.2) is 32.1 Å². The van der Waals surface area contributed by atoms with Crippen LogP contribution in [-0.2, 0) is 6.54 Å². The zero-order valence-corrected chi connectivity index (χ0v) is 9.67. The Labute approximate surface area is 106 Å². The van der Waals surface area contributed by atoms with Gasteiger partial charge in [-0.05, 0) is 6.07 Å². The van der Waals surface area contributed by atoms with Crippen LogP contribution in [0.25, 0.3) is 0 Å². The number of nitrogens with zero attached hydrogens (tertiary/aromatic N) is 4. The van der Waals surface area contributed by atoms with Crippen molar-refractivity contribution >= 4 is 12.1 Å². The summed E-state index contributed by atoms with van der Waals surface area (Å²) >= 11 is 0. The van der Waals surface area contributed by atoms with Gasteiger partial charge in [0.25, 0.3) is 0 Å². The second kappa shape index (κ2) is 5.31. The lowest BCUT2D eigenvalue weighted by Gasteiger charge is -1.94. The van der Waals surface area contributed by atoms with Gasteiger partial charge in [-0.15, -0.1) is 0 Å². The molecule has 0 atom stereocenters. The summed E-state index contributed by atoms with van der Waals surface area (Å²) in [6.45, 7) is 0.0194. The standard InChI is InChI=1S/C10H10N4O5/c15-6-5-12-3-4-13(10(12)16)11-7-8-1-2-9(19-8)14(17)18/h1-4,7,15H,5-6H2/b11-7+. The van der Waals surface area contributed by atoms with Gasteiger partial charge in [-0.25, -0.2) is 4.79 Å². The summed E-state index contributed by atoms with van der Waals surface area (Å²) in [5, 5.41) is 22.9. The first-order valence-corrected chi connectivity index (χ1v) is 5.29. The van der Waals surface area contributed by atoms with E-state index in [-0.39, 0.29) is 18.9 Å². The predicted octanol–water partition coefficient (Wildman–Crippen LogP) is 0.0255. The molecule has 0 unspecified atom stereocenters. The molecule has 2 rings (SSSR count). The van der Waals surface area contributed by atoms with Gasteiger partial charge in [0.1, 0.15) is 4.92 Å². The highest BCUT2D eigenvalue weighted by Gasteiger charge is 2.10. The SMILES string of the molecule is O=c1n(CCO)ccn1/N=C/c1ccc([N+](=O)[O-])o1. The van der Waals surface area contributed by atoms with Crippen molar-refractivity contribution in [1.82, 2.24) is 9.24 Å². The van der Waals surface area contributed by atoms with Gasteiger partial charge < -0.3 is 9.52 Å². The Bertz CT molecular complexity index is 666. The average Bonchev–Trinajstić information content (AvgIpc) is 2.97. The number of imidazole rings is 1. The molecule has 0 fully saturated rings. The summed E-state index contributed by atoms with van der Waals surface area (Å²) in [6.07, 6.45) is 4.07. The Kier molecular flexibility index (Phi) is 3.57. The van der Waals surface area contributed by atoms with E-state index in [9.17, 15) is 14.9 Å². The Morgan fingerprint density at radius 3 is 2.89 bits per heavy atom. The quantitative estimate of drug-likeness (QED) is 0.465. The van der Waals surface area contributed by atoms with E-state index in [1.807, 2.05) is 0 Å². The van der Waals surface area contributed by atoms with Crippen LogP contribution in [0.1, 0.15) is 5.76 Å². The van der Waals surface area contributed by atoms with E-state index in [0.717, 1.165) is 4.68 Å². The van der Waals surface area contributed by atoms with E-state index in [1.165, 1.54) is 35.3 Å². The van der Waals surface area contributed by atoms with Crippen LogP contribution >= 0.6 is 0 Å². The lowest BCUT2D eigenvalue weighted by atomic mass is 10.5. The zero-order valence-electron chi connectivity index (χ0n) is 9.67. The van der Waals surface area contributed by atoms with Crippen molar-refractivity contribution in [2.45, 2.75) is 6.54 Å². The summed E-state index contributed by atoms with van der Waals surface area (Å²) in [5.74, 6) is -0.236. The highest BCUT2D eigenvalue weighted by atomic mass is 16.6. The molecule has 9 heteroatoms. The number of aliphatic hydroxyl groups excluding tert-OH is 1. The first kappa shape index (κ1) is 12.8. The van der Waals surface area contributed by atoms with Gasteiger partial charge in [0, 0.05) is 6.20 Å². The van der Waals surface area contributed by atoms with Crippen molar-refractivity contribution < 1.29 is 14.4 Å². The van der Waals surface area contributed by atoms with Crippen LogP contribution in [0.2, 0.25) is 0 Å². The van der Waals surface area contributed by atoms with E-state index in [0.29, 0.717) is 0 Å². The molecule has 9 nitrogen and oxygen atoms in total. The Morgan fingerprint density at radius 2 is 2.26 bits per heavy atom. The molecule has 1 N–H and O–H groups in total. The number of aliphatic hydroxyl groups is 1. The third-order valence-corrected chi connectivity index (χ3v) is 2.27. The first-order valence-electron chi connectivity index (χ1n) is 5.29. The number of furan rings is 1. The maximum absolute atomic E-state index is 11.7. The molecular formula is C10H10N4O5. The maximum Gasteiger partial charge on any atom is 0.433 e. The molecule has 0 radical (unpaired) electrons. The molecular weight excluding hydrogens is 256 g/mol. The lowest BCUT2D eigenvalue weighted by Crippen LogP contribution is -2.23. The average molecular weight is 266 g/mol. The Balaban J connectivity index is 2.18. The fourth-order valence-corrected chi connectivity index (χ4v) is 1.40. The van der Waals surface area contributed by atoms with Crippen LogP contribution < -0.4 is 5.69 Å². The van der Waals surface area contributed by atoms with Gasteiger partial charge in [0.15, 0.2) is 5.76 Å². The molecule has 2 aromatic heterocycles. The molecule has 2 heterocycles. The predicted molar refractivity (Wildman–Crippen MR) is 64.1 cm³/mol. The lowest BCUT2D eigenvalue weighted by molar-refractivity contribution is -0.402. The Morgan fingerprint density at radius 1 is 1.47 bits per heavy atom. The molecule has 0 spiro atoms. The molecule has 0 bridgehead atoms. The molecule has 2 aromatic rings. The molecule has 0 aliphatic carbocycles. The van der Waals surface area contributed by atoms with E-state index < -0.39 is 16.5 Å². The highest BCUT2D eigenvalue weighted by Crippen LogP contribution is 2.13. The number of aromatic nitrogens is 2. The highest BCUT2D eigenvalue weighted by molar-refractivity contribution is 5.76. The van der Waals surface area contributed by atoms with Gasteiger partial charge in [-0.1, -0.05) is 0 Å². The topological polar surface area (TPSA) is 116 Å². The van der Waals surface area contributed by atoms with Gasteiger partial charge in [0.2, 0.25) is 0 Å². The van der Waals surface area contributed by atoms with Crippen molar-refractivity contribution in [3.8, 4) is 0 Å². The van der Waals surface area contributed by atoms with Gasteiger partial charge in [-0.2, -0.15) is 9.78 Å². The van der Waals surface area contributed by atoms with Gasteiger partial charge >= 0.3 is 11.6 Å². The Hall–Kier alpha value is -2.68. The van der Waals surface area contributed by atoms with Crippen molar-refractivity contribution in [1.29, 1.82) is 0 Å². The molecule has 19 heavy (non-hydrogen) atoms. The minimum absolute atomic E-state index is 0.155. The molecule has 0 saturated heterocycles. The van der Waals surface area contributed by atoms with Crippen LogP contribution in [0.15, 0.2) is 38.8 Å². The monoisotopic (exact) mass is 266 g/mol. The van der Waals surface area contributed by atoms with Crippen LogP contribution in [0.4, 0.5) is 5.88 Å². The number of hydrogen-bond donors (Lipinski definition) is 1.